The molecule has 1 aromatic rings. The Bertz CT molecular complexity index is 538. The summed E-state index contributed by atoms with van der Waals surface area (Å²) in [6.45, 7) is 3.85. The number of esters is 1. The molecule has 0 radical (unpaired) electrons. The first-order valence-corrected chi connectivity index (χ1v) is 7.36. The van der Waals surface area contributed by atoms with E-state index in [1.165, 1.54) is 16.2 Å². The Hall–Kier alpha value is -2.14. The molecule has 0 saturated carbocycles. The molecule has 0 spiro atoms. The third-order valence-corrected chi connectivity index (χ3v) is 3.57. The standard InChI is InChI=1S/C13H18N4O3S/c1-4-20-11(18)7-10-8-21-12(15-10)16-13(19)17(3)9(2)5-6-14/h8-9H,4-5,7H2,1-3H3,(H,15,16,19)/t9-/m1/s1. The van der Waals surface area contributed by atoms with Gasteiger partial charge >= 0.3 is 12.0 Å². The molecule has 7 nitrogen and oxygen atoms in total. The lowest BCUT2D eigenvalue weighted by molar-refractivity contribution is -0.142. The molecular formula is C13H18N4O3S. The van der Waals surface area contributed by atoms with Gasteiger partial charge in [0.05, 0.1) is 31.2 Å². The van der Waals surface area contributed by atoms with Crippen molar-refractivity contribution >= 4 is 28.5 Å². The summed E-state index contributed by atoms with van der Waals surface area (Å²) in [6.07, 6.45) is 0.344. The van der Waals surface area contributed by atoms with Crippen LogP contribution in [0.4, 0.5) is 9.93 Å². The number of nitrogens with zero attached hydrogens (tertiary/aromatic N) is 3. The summed E-state index contributed by atoms with van der Waals surface area (Å²) in [5.74, 6) is -0.347. The minimum atomic E-state index is -0.347. The van der Waals surface area contributed by atoms with E-state index in [0.29, 0.717) is 17.4 Å². The molecule has 1 aromatic heterocycles. The molecule has 0 aromatic carbocycles. The Morgan fingerprint density at radius 1 is 1.62 bits per heavy atom. The highest BCUT2D eigenvalue weighted by molar-refractivity contribution is 7.13. The van der Waals surface area contributed by atoms with Crippen LogP contribution in [0.25, 0.3) is 0 Å². The van der Waals surface area contributed by atoms with Crippen LogP contribution in [-0.4, -0.2) is 41.6 Å². The zero-order chi connectivity index (χ0) is 15.8. The van der Waals surface area contributed by atoms with Crippen LogP contribution < -0.4 is 5.32 Å². The van der Waals surface area contributed by atoms with Gasteiger partial charge in [-0.25, -0.2) is 9.78 Å². The quantitative estimate of drug-likeness (QED) is 0.811. The van der Waals surface area contributed by atoms with E-state index in [0.717, 1.165) is 0 Å². The molecule has 114 valence electrons. The number of carbonyl (C=O) groups is 2. The topological polar surface area (TPSA) is 95.3 Å². The van der Waals surface area contributed by atoms with Gasteiger partial charge in [0, 0.05) is 18.5 Å². The minimum absolute atomic E-state index is 0.0842. The number of amides is 2. The number of urea groups is 1. The van der Waals surface area contributed by atoms with Crippen LogP contribution in [0, 0.1) is 11.3 Å². The average Bonchev–Trinajstić information content (AvgIpc) is 2.85. The molecule has 8 heteroatoms. The monoisotopic (exact) mass is 310 g/mol. The smallest absolute Gasteiger partial charge is 0.323 e. The van der Waals surface area contributed by atoms with Crippen molar-refractivity contribution in [2.45, 2.75) is 32.7 Å². The normalized spacial score (nSPS) is 11.3. The predicted octanol–water partition coefficient (Wildman–Crippen LogP) is 2.01. The van der Waals surface area contributed by atoms with E-state index < -0.39 is 0 Å². The number of ether oxygens (including phenoxy) is 1. The number of thiazole rings is 1. The molecule has 21 heavy (non-hydrogen) atoms. The largest absolute Gasteiger partial charge is 0.466 e. The molecule has 2 amide bonds. The zero-order valence-corrected chi connectivity index (χ0v) is 13.1. The fraction of sp³-hybridized carbons (Fsp3) is 0.538. The second-order valence-corrected chi connectivity index (χ2v) is 5.24. The van der Waals surface area contributed by atoms with Gasteiger partial charge in [-0.2, -0.15) is 5.26 Å². The number of carbonyl (C=O) groups excluding carboxylic acids is 2. The number of aromatic nitrogens is 1. The molecular weight excluding hydrogens is 292 g/mol. The van der Waals surface area contributed by atoms with E-state index in [1.807, 2.05) is 6.07 Å². The van der Waals surface area contributed by atoms with Gasteiger partial charge in [-0.05, 0) is 13.8 Å². The summed E-state index contributed by atoms with van der Waals surface area (Å²) < 4.78 is 4.83. The van der Waals surface area contributed by atoms with Crippen molar-refractivity contribution in [3.63, 3.8) is 0 Å². The van der Waals surface area contributed by atoms with Crippen LogP contribution in [0.5, 0.6) is 0 Å². The predicted molar refractivity (Wildman–Crippen MR) is 78.9 cm³/mol. The van der Waals surface area contributed by atoms with Crippen molar-refractivity contribution in [3.8, 4) is 6.07 Å². The van der Waals surface area contributed by atoms with Gasteiger partial charge < -0.3 is 9.64 Å². The number of nitrogens with one attached hydrogen (secondary N) is 1. The van der Waals surface area contributed by atoms with Gasteiger partial charge in [0.15, 0.2) is 5.13 Å². The molecule has 0 saturated heterocycles. The molecule has 0 bridgehead atoms. The van der Waals surface area contributed by atoms with Crippen molar-refractivity contribution in [1.29, 1.82) is 5.26 Å². The van der Waals surface area contributed by atoms with Gasteiger partial charge in [0.2, 0.25) is 0 Å². The van der Waals surface area contributed by atoms with Crippen LogP contribution in [-0.2, 0) is 16.0 Å². The average molecular weight is 310 g/mol. The first-order chi connectivity index (χ1) is 9.97. The number of rotatable bonds is 6. The van der Waals surface area contributed by atoms with Crippen molar-refractivity contribution < 1.29 is 14.3 Å². The van der Waals surface area contributed by atoms with E-state index in [-0.39, 0.29) is 30.9 Å². The zero-order valence-electron chi connectivity index (χ0n) is 12.3. The van der Waals surface area contributed by atoms with Crippen molar-refractivity contribution in [2.24, 2.45) is 0 Å². The molecule has 1 rings (SSSR count). The lowest BCUT2D eigenvalue weighted by atomic mass is 10.2. The molecule has 1 heterocycles. The minimum Gasteiger partial charge on any atom is -0.466 e. The Morgan fingerprint density at radius 3 is 2.95 bits per heavy atom. The summed E-state index contributed by atoms with van der Waals surface area (Å²) in [7, 11) is 1.62. The lowest BCUT2D eigenvalue weighted by Gasteiger charge is -2.22. The van der Waals surface area contributed by atoms with E-state index in [2.05, 4.69) is 10.3 Å². The van der Waals surface area contributed by atoms with Crippen molar-refractivity contribution in [3.05, 3.63) is 11.1 Å². The highest BCUT2D eigenvalue weighted by Gasteiger charge is 2.17. The Kier molecular flexibility index (Phi) is 6.62. The highest BCUT2D eigenvalue weighted by atomic mass is 32.1. The second-order valence-electron chi connectivity index (χ2n) is 4.38. The van der Waals surface area contributed by atoms with Crippen LogP contribution in [0.3, 0.4) is 0 Å². The van der Waals surface area contributed by atoms with Crippen LogP contribution in [0.15, 0.2) is 5.38 Å². The van der Waals surface area contributed by atoms with E-state index >= 15 is 0 Å². The third-order valence-electron chi connectivity index (χ3n) is 2.76. The van der Waals surface area contributed by atoms with E-state index in [1.54, 1.807) is 26.3 Å². The van der Waals surface area contributed by atoms with Gasteiger partial charge in [0.1, 0.15) is 0 Å². The second kappa shape index (κ2) is 8.21. The van der Waals surface area contributed by atoms with E-state index in [9.17, 15) is 9.59 Å². The van der Waals surface area contributed by atoms with Crippen molar-refractivity contribution in [1.82, 2.24) is 9.88 Å². The Balaban J connectivity index is 2.56. The maximum Gasteiger partial charge on any atom is 0.323 e. The number of anilines is 1. The maximum absolute atomic E-state index is 11.9. The summed E-state index contributed by atoms with van der Waals surface area (Å²) in [5, 5.41) is 13.4. The van der Waals surface area contributed by atoms with Gasteiger partial charge in [-0.3, -0.25) is 10.1 Å². The first kappa shape index (κ1) is 16.9. The molecule has 0 aliphatic rings. The van der Waals surface area contributed by atoms with Gasteiger partial charge in [0.25, 0.3) is 0 Å². The molecule has 0 aliphatic carbocycles. The van der Waals surface area contributed by atoms with Gasteiger partial charge in [-0.1, -0.05) is 0 Å². The highest BCUT2D eigenvalue weighted by Crippen LogP contribution is 2.17. The Labute approximate surface area is 127 Å². The first-order valence-electron chi connectivity index (χ1n) is 6.48. The molecule has 0 fully saturated rings. The van der Waals surface area contributed by atoms with Crippen LogP contribution >= 0.6 is 11.3 Å². The van der Waals surface area contributed by atoms with Crippen LogP contribution in [0.1, 0.15) is 26.0 Å². The summed E-state index contributed by atoms with van der Waals surface area (Å²) >= 11 is 1.24. The Morgan fingerprint density at radius 2 is 2.33 bits per heavy atom. The number of nitriles is 1. The molecule has 0 unspecified atom stereocenters. The summed E-state index contributed by atoms with van der Waals surface area (Å²) in [6, 6.07) is 1.49. The van der Waals surface area contributed by atoms with Crippen LogP contribution in [0.2, 0.25) is 0 Å². The summed E-state index contributed by atoms with van der Waals surface area (Å²) in [4.78, 5) is 28.9. The van der Waals surface area contributed by atoms with Gasteiger partial charge in [-0.15, -0.1) is 11.3 Å². The van der Waals surface area contributed by atoms with Crippen molar-refractivity contribution in [2.75, 3.05) is 19.0 Å². The lowest BCUT2D eigenvalue weighted by Crippen LogP contribution is -2.38. The number of hydrogen-bond acceptors (Lipinski definition) is 6. The fourth-order valence-corrected chi connectivity index (χ4v) is 2.15. The SMILES string of the molecule is CCOC(=O)Cc1csc(NC(=O)N(C)[C@H](C)CC#N)n1. The van der Waals surface area contributed by atoms with E-state index in [4.69, 9.17) is 10.00 Å². The summed E-state index contributed by atoms with van der Waals surface area (Å²) in [5.41, 5.74) is 0.557. The maximum atomic E-state index is 11.9. The fourth-order valence-electron chi connectivity index (χ4n) is 1.45. The molecule has 1 N–H and O–H groups in total. The molecule has 0 aliphatic heterocycles. The molecule has 1 atom stereocenters. The third kappa shape index (κ3) is 5.39. The number of hydrogen-bond donors (Lipinski definition) is 1.